The molecule has 1 unspecified atom stereocenters. The molecule has 1 aliphatic heterocycles. The molecule has 18 heavy (non-hydrogen) atoms. The molecule has 0 aromatic carbocycles. The third-order valence-electron chi connectivity index (χ3n) is 3.24. The van der Waals surface area contributed by atoms with Crippen LogP contribution in [0, 0.1) is 5.92 Å². The van der Waals surface area contributed by atoms with Crippen molar-refractivity contribution in [3.63, 3.8) is 0 Å². The monoisotopic (exact) mass is 253 g/mol. The van der Waals surface area contributed by atoms with Gasteiger partial charge in [0.05, 0.1) is 5.69 Å². The summed E-state index contributed by atoms with van der Waals surface area (Å²) in [4.78, 5) is 0. The summed E-state index contributed by atoms with van der Waals surface area (Å²) < 4.78 is 12.8. The lowest BCUT2D eigenvalue weighted by molar-refractivity contribution is -0.135. The molecule has 5 heteroatoms. The van der Waals surface area contributed by atoms with Crippen molar-refractivity contribution in [3.8, 4) is 0 Å². The molecule has 0 saturated heterocycles. The number of rotatable bonds is 5. The normalized spacial score (nSPS) is 19.1. The number of hydrogen-bond donors (Lipinski definition) is 1. The fourth-order valence-corrected chi connectivity index (χ4v) is 2.48. The second-order valence-electron chi connectivity index (χ2n) is 5.19. The summed E-state index contributed by atoms with van der Waals surface area (Å²) >= 11 is 0. The van der Waals surface area contributed by atoms with E-state index in [1.165, 1.54) is 0 Å². The van der Waals surface area contributed by atoms with Gasteiger partial charge < -0.3 is 14.8 Å². The molecule has 0 fully saturated rings. The van der Waals surface area contributed by atoms with Gasteiger partial charge in [0.25, 0.3) is 0 Å². The Hall–Kier alpha value is -1.07. The zero-order valence-corrected chi connectivity index (χ0v) is 11.6. The van der Waals surface area contributed by atoms with Crippen molar-refractivity contribution in [1.82, 2.24) is 9.78 Å². The molecule has 1 aromatic heterocycles. The van der Waals surface area contributed by atoms with E-state index >= 15 is 0 Å². The van der Waals surface area contributed by atoms with Crippen LogP contribution in [0.2, 0.25) is 0 Å². The first-order chi connectivity index (χ1) is 8.65. The maximum Gasteiger partial charge on any atom is 0.179 e. The third-order valence-corrected chi connectivity index (χ3v) is 3.24. The molecule has 0 bridgehead atoms. The Morgan fingerprint density at radius 2 is 2.17 bits per heavy atom. The van der Waals surface area contributed by atoms with Crippen LogP contribution in [0.4, 0.5) is 5.82 Å². The maximum absolute atomic E-state index is 5.38. The van der Waals surface area contributed by atoms with Gasteiger partial charge in [-0.2, -0.15) is 5.10 Å². The van der Waals surface area contributed by atoms with E-state index in [0.29, 0.717) is 5.92 Å². The number of aromatic nitrogens is 2. The molecule has 0 amide bonds. The van der Waals surface area contributed by atoms with Crippen molar-refractivity contribution in [2.75, 3.05) is 26.1 Å². The number of fused-ring (bicyclic) bond motifs is 1. The maximum atomic E-state index is 5.38. The molecule has 0 spiro atoms. The van der Waals surface area contributed by atoms with Crippen molar-refractivity contribution in [2.24, 2.45) is 5.92 Å². The SMILES string of the molecule is COC(OC)C1CCNc2cc(CC(C)C)nn21. The summed E-state index contributed by atoms with van der Waals surface area (Å²) in [6.07, 6.45) is 1.72. The zero-order chi connectivity index (χ0) is 13.1. The Morgan fingerprint density at radius 3 is 2.78 bits per heavy atom. The first-order valence-electron chi connectivity index (χ1n) is 6.53. The zero-order valence-electron chi connectivity index (χ0n) is 11.6. The number of nitrogens with zero attached hydrogens (tertiary/aromatic N) is 2. The molecule has 102 valence electrons. The molecule has 2 heterocycles. The van der Waals surface area contributed by atoms with Crippen LogP contribution in [-0.2, 0) is 15.9 Å². The average Bonchev–Trinajstić information content (AvgIpc) is 2.72. The quantitative estimate of drug-likeness (QED) is 0.816. The first-order valence-corrected chi connectivity index (χ1v) is 6.53. The molecule has 2 rings (SSSR count). The van der Waals surface area contributed by atoms with Gasteiger partial charge in [0.15, 0.2) is 6.29 Å². The van der Waals surface area contributed by atoms with Gasteiger partial charge in [-0.3, -0.25) is 0 Å². The van der Waals surface area contributed by atoms with Gasteiger partial charge in [0.2, 0.25) is 0 Å². The highest BCUT2D eigenvalue weighted by atomic mass is 16.7. The summed E-state index contributed by atoms with van der Waals surface area (Å²) in [5.41, 5.74) is 1.13. The number of methoxy groups -OCH3 is 2. The van der Waals surface area contributed by atoms with E-state index in [9.17, 15) is 0 Å². The van der Waals surface area contributed by atoms with Gasteiger partial charge in [0.1, 0.15) is 11.9 Å². The highest BCUT2D eigenvalue weighted by Gasteiger charge is 2.29. The predicted octanol–water partition coefficient (Wildman–Crippen LogP) is 2.06. The minimum atomic E-state index is -0.238. The number of ether oxygens (including phenoxy) is 2. The second-order valence-corrected chi connectivity index (χ2v) is 5.19. The average molecular weight is 253 g/mol. The van der Waals surface area contributed by atoms with Crippen LogP contribution in [0.25, 0.3) is 0 Å². The smallest absolute Gasteiger partial charge is 0.179 e. The number of nitrogens with one attached hydrogen (secondary N) is 1. The summed E-state index contributed by atoms with van der Waals surface area (Å²) in [6, 6.07) is 2.28. The van der Waals surface area contributed by atoms with E-state index in [-0.39, 0.29) is 12.3 Å². The van der Waals surface area contributed by atoms with Gasteiger partial charge in [-0.15, -0.1) is 0 Å². The molecule has 1 aromatic rings. The van der Waals surface area contributed by atoms with Crippen LogP contribution in [0.15, 0.2) is 6.07 Å². The third kappa shape index (κ3) is 2.67. The Morgan fingerprint density at radius 1 is 1.44 bits per heavy atom. The van der Waals surface area contributed by atoms with Crippen LogP contribution < -0.4 is 5.32 Å². The number of anilines is 1. The van der Waals surface area contributed by atoms with Crippen molar-refractivity contribution in [3.05, 3.63) is 11.8 Å². The van der Waals surface area contributed by atoms with Crippen molar-refractivity contribution < 1.29 is 9.47 Å². The number of hydrogen-bond acceptors (Lipinski definition) is 4. The van der Waals surface area contributed by atoms with Gasteiger partial charge in [0, 0.05) is 26.8 Å². The highest BCUT2D eigenvalue weighted by Crippen LogP contribution is 2.28. The highest BCUT2D eigenvalue weighted by molar-refractivity contribution is 5.39. The Balaban J connectivity index is 2.22. The van der Waals surface area contributed by atoms with Gasteiger partial charge in [-0.25, -0.2) is 4.68 Å². The lowest BCUT2D eigenvalue weighted by Crippen LogP contribution is -2.34. The summed E-state index contributed by atoms with van der Waals surface area (Å²) in [7, 11) is 3.35. The van der Waals surface area contributed by atoms with E-state index in [1.807, 2.05) is 4.68 Å². The summed E-state index contributed by atoms with van der Waals surface area (Å²) in [5.74, 6) is 1.68. The molecular formula is C13H23N3O2. The molecule has 1 atom stereocenters. The molecule has 0 radical (unpaired) electrons. The fourth-order valence-electron chi connectivity index (χ4n) is 2.48. The molecular weight excluding hydrogens is 230 g/mol. The van der Waals surface area contributed by atoms with E-state index in [1.54, 1.807) is 14.2 Å². The lowest BCUT2D eigenvalue weighted by Gasteiger charge is -2.30. The minimum absolute atomic E-state index is 0.150. The fraction of sp³-hybridized carbons (Fsp3) is 0.769. The molecule has 0 saturated carbocycles. The van der Waals surface area contributed by atoms with E-state index in [0.717, 1.165) is 30.9 Å². The molecule has 1 N–H and O–H groups in total. The van der Waals surface area contributed by atoms with Crippen LogP contribution in [0.1, 0.15) is 32.0 Å². The largest absolute Gasteiger partial charge is 0.370 e. The molecule has 5 nitrogen and oxygen atoms in total. The first kappa shape index (κ1) is 13.4. The standard InChI is InChI=1S/C13H23N3O2/c1-9(2)7-10-8-12-14-6-5-11(16(12)15-10)13(17-3)18-4/h8-9,11,13-14H,5-7H2,1-4H3. The van der Waals surface area contributed by atoms with Crippen LogP contribution in [0.5, 0.6) is 0 Å². The predicted molar refractivity (Wildman–Crippen MR) is 70.7 cm³/mol. The van der Waals surface area contributed by atoms with Crippen LogP contribution in [0.3, 0.4) is 0 Å². The van der Waals surface area contributed by atoms with Crippen molar-refractivity contribution in [2.45, 2.75) is 39.0 Å². The van der Waals surface area contributed by atoms with Gasteiger partial charge in [-0.1, -0.05) is 13.8 Å². The summed E-state index contributed by atoms with van der Waals surface area (Å²) in [5, 5.41) is 8.06. The van der Waals surface area contributed by atoms with Crippen molar-refractivity contribution >= 4 is 5.82 Å². The Kier molecular flexibility index (Phi) is 4.24. The Labute approximate surface area is 108 Å². The second kappa shape index (κ2) is 5.71. The van der Waals surface area contributed by atoms with E-state index < -0.39 is 0 Å². The van der Waals surface area contributed by atoms with Gasteiger partial charge in [-0.05, 0) is 18.8 Å². The van der Waals surface area contributed by atoms with E-state index in [2.05, 4.69) is 30.3 Å². The van der Waals surface area contributed by atoms with Crippen LogP contribution in [-0.4, -0.2) is 36.8 Å². The lowest BCUT2D eigenvalue weighted by atomic mass is 10.1. The van der Waals surface area contributed by atoms with E-state index in [4.69, 9.17) is 9.47 Å². The van der Waals surface area contributed by atoms with Crippen LogP contribution >= 0.6 is 0 Å². The molecule has 1 aliphatic rings. The molecule has 0 aliphatic carbocycles. The van der Waals surface area contributed by atoms with Gasteiger partial charge >= 0.3 is 0 Å². The Bertz CT molecular complexity index is 386. The topological polar surface area (TPSA) is 48.3 Å². The summed E-state index contributed by atoms with van der Waals surface area (Å²) in [6.45, 7) is 5.34. The van der Waals surface area contributed by atoms with Crippen molar-refractivity contribution in [1.29, 1.82) is 0 Å². The minimum Gasteiger partial charge on any atom is -0.370 e.